The fourth-order valence-electron chi connectivity index (χ4n) is 3.58. The lowest BCUT2D eigenvalue weighted by atomic mass is 9.92. The number of carbonyl (C=O) groups excluding carboxylic acids is 1. The Morgan fingerprint density at radius 3 is 2.70 bits per heavy atom. The summed E-state index contributed by atoms with van der Waals surface area (Å²) in [4.78, 5) is 20.2. The van der Waals surface area contributed by atoms with Crippen molar-refractivity contribution in [3.63, 3.8) is 0 Å². The Labute approximate surface area is 161 Å². The minimum absolute atomic E-state index is 0.209. The molecule has 2 aromatic carbocycles. The highest BCUT2D eigenvalue weighted by atomic mass is 35.5. The number of amides is 1. The Hall–Kier alpha value is -2.92. The second-order valence-corrected chi connectivity index (χ2v) is 6.83. The number of benzene rings is 2. The summed E-state index contributed by atoms with van der Waals surface area (Å²) >= 11 is 6.25. The summed E-state index contributed by atoms with van der Waals surface area (Å²) in [5.41, 5.74) is 5.60. The molecule has 0 fully saturated rings. The summed E-state index contributed by atoms with van der Waals surface area (Å²) in [5, 5.41) is 3.19. The predicted octanol–water partition coefficient (Wildman–Crippen LogP) is 4.49. The van der Waals surface area contributed by atoms with Crippen LogP contribution >= 0.6 is 11.6 Å². The Morgan fingerprint density at radius 2 is 1.96 bits per heavy atom. The Balaban J connectivity index is 2.02. The molecule has 0 bridgehead atoms. The van der Waals surface area contributed by atoms with Gasteiger partial charge in [0.2, 0.25) is 0 Å². The van der Waals surface area contributed by atoms with Crippen LogP contribution in [-0.2, 0) is 6.54 Å². The molecule has 0 saturated heterocycles. The van der Waals surface area contributed by atoms with Crippen molar-refractivity contribution in [3.05, 3.63) is 81.4 Å². The van der Waals surface area contributed by atoms with Gasteiger partial charge in [0, 0.05) is 40.0 Å². The zero-order valence-corrected chi connectivity index (χ0v) is 15.6. The minimum Gasteiger partial charge on any atom is -0.354 e. The van der Waals surface area contributed by atoms with Crippen LogP contribution in [0.5, 0.6) is 0 Å². The van der Waals surface area contributed by atoms with Crippen LogP contribution in [-0.4, -0.2) is 23.7 Å². The lowest BCUT2D eigenvalue weighted by molar-refractivity contribution is 0.0957. The number of fused-ring (bicyclic) bond motifs is 3. The molecule has 136 valence electrons. The van der Waals surface area contributed by atoms with Gasteiger partial charge in [-0.05, 0) is 36.8 Å². The largest absolute Gasteiger partial charge is 0.354 e. The third-order valence-electron chi connectivity index (χ3n) is 4.78. The smallest absolute Gasteiger partial charge is 0.267 e. The number of rotatable bonds is 2. The fraction of sp³-hybridized carbons (Fsp3) is 0.143. The van der Waals surface area contributed by atoms with Crippen LogP contribution < -0.4 is 5.32 Å². The minimum atomic E-state index is -0.349. The van der Waals surface area contributed by atoms with Crippen molar-refractivity contribution in [3.8, 4) is 11.1 Å². The number of H-pyrrole nitrogens is 1. The molecule has 4 nitrogen and oxygen atoms in total. The van der Waals surface area contributed by atoms with E-state index in [-0.39, 0.29) is 18.3 Å². The van der Waals surface area contributed by atoms with Gasteiger partial charge in [-0.3, -0.25) is 9.79 Å². The summed E-state index contributed by atoms with van der Waals surface area (Å²) < 4.78 is 14.5. The molecule has 2 N–H and O–H groups in total. The molecule has 0 saturated carbocycles. The number of aliphatic imine (C=N–C) groups is 1. The number of halogens is 2. The predicted molar refractivity (Wildman–Crippen MR) is 105 cm³/mol. The van der Waals surface area contributed by atoms with Gasteiger partial charge in [0.25, 0.3) is 5.91 Å². The van der Waals surface area contributed by atoms with Crippen molar-refractivity contribution < 1.29 is 9.18 Å². The van der Waals surface area contributed by atoms with Gasteiger partial charge in [0.15, 0.2) is 0 Å². The van der Waals surface area contributed by atoms with Gasteiger partial charge in [0.1, 0.15) is 11.5 Å². The first-order valence-electron chi connectivity index (χ1n) is 8.54. The van der Waals surface area contributed by atoms with Crippen LogP contribution in [0.4, 0.5) is 4.39 Å². The molecule has 0 radical (unpaired) electrons. The van der Waals surface area contributed by atoms with Gasteiger partial charge >= 0.3 is 0 Å². The van der Waals surface area contributed by atoms with Gasteiger partial charge < -0.3 is 10.3 Å². The molecule has 3 aromatic rings. The second-order valence-electron chi connectivity index (χ2n) is 6.39. The molecule has 1 aromatic heterocycles. The number of hydrogen-bond donors (Lipinski definition) is 2. The number of aromatic nitrogens is 1. The van der Waals surface area contributed by atoms with E-state index in [0.29, 0.717) is 22.0 Å². The van der Waals surface area contributed by atoms with E-state index >= 15 is 0 Å². The SMILES string of the molecule is CNC(=O)c1[nH]c(C)c2c1CN=C(c1ccccc1F)c1cc(Cl)ccc1-2. The summed E-state index contributed by atoms with van der Waals surface area (Å²) in [6.07, 6.45) is 0. The van der Waals surface area contributed by atoms with E-state index in [2.05, 4.69) is 15.3 Å². The van der Waals surface area contributed by atoms with E-state index in [1.807, 2.05) is 13.0 Å². The standard InChI is InChI=1S/C21H17ClFN3O/c1-11-18-13-8-7-12(22)9-15(13)19(14-5-3-4-6-17(14)23)25-10-16(18)20(26-11)21(27)24-2/h3-9,26H,10H2,1-2H3,(H,24,27). The number of hydrogen-bond acceptors (Lipinski definition) is 2. The molecule has 0 atom stereocenters. The Morgan fingerprint density at radius 1 is 1.19 bits per heavy atom. The van der Waals surface area contributed by atoms with Crippen molar-refractivity contribution in [1.29, 1.82) is 0 Å². The lowest BCUT2D eigenvalue weighted by Crippen LogP contribution is -2.19. The molecule has 27 heavy (non-hydrogen) atoms. The molecular formula is C21H17ClFN3O. The first-order chi connectivity index (χ1) is 13.0. The van der Waals surface area contributed by atoms with Gasteiger partial charge in [-0.25, -0.2) is 4.39 Å². The summed E-state index contributed by atoms with van der Waals surface area (Å²) in [6, 6.07) is 12.0. The molecule has 6 heteroatoms. The van der Waals surface area contributed by atoms with Gasteiger partial charge in [-0.15, -0.1) is 0 Å². The maximum absolute atomic E-state index is 14.5. The average Bonchev–Trinajstić information content (AvgIpc) is 2.89. The van der Waals surface area contributed by atoms with Crippen LogP contribution in [0.2, 0.25) is 5.02 Å². The normalized spacial score (nSPS) is 12.7. The van der Waals surface area contributed by atoms with E-state index in [1.54, 1.807) is 37.4 Å². The van der Waals surface area contributed by atoms with Crippen LogP contribution in [0.3, 0.4) is 0 Å². The number of nitrogens with one attached hydrogen (secondary N) is 2. The second kappa shape index (κ2) is 6.67. The molecule has 0 spiro atoms. The molecule has 2 heterocycles. The maximum atomic E-state index is 14.5. The van der Waals surface area contributed by atoms with E-state index in [0.717, 1.165) is 27.9 Å². The number of aryl methyl sites for hydroxylation is 1. The zero-order chi connectivity index (χ0) is 19.1. The highest BCUT2D eigenvalue weighted by Crippen LogP contribution is 2.38. The lowest BCUT2D eigenvalue weighted by Gasteiger charge is -2.12. The van der Waals surface area contributed by atoms with Gasteiger partial charge in [0.05, 0.1) is 12.3 Å². The quantitative estimate of drug-likeness (QED) is 0.675. The molecular weight excluding hydrogens is 365 g/mol. The molecule has 1 aliphatic rings. The monoisotopic (exact) mass is 381 g/mol. The number of nitrogens with zero attached hydrogens (tertiary/aromatic N) is 1. The summed E-state index contributed by atoms with van der Waals surface area (Å²) in [6.45, 7) is 2.18. The highest BCUT2D eigenvalue weighted by Gasteiger charge is 2.27. The molecule has 0 unspecified atom stereocenters. The first kappa shape index (κ1) is 17.5. The van der Waals surface area contributed by atoms with E-state index in [1.165, 1.54) is 6.07 Å². The van der Waals surface area contributed by atoms with E-state index in [9.17, 15) is 9.18 Å². The van der Waals surface area contributed by atoms with Crippen LogP contribution in [0.1, 0.15) is 32.9 Å². The molecule has 1 amide bonds. The molecule has 0 aliphatic carbocycles. The molecule has 4 rings (SSSR count). The van der Waals surface area contributed by atoms with Crippen molar-refractivity contribution in [2.24, 2.45) is 4.99 Å². The average molecular weight is 382 g/mol. The first-order valence-corrected chi connectivity index (χ1v) is 8.92. The number of carbonyl (C=O) groups is 1. The van der Waals surface area contributed by atoms with Crippen molar-refractivity contribution in [1.82, 2.24) is 10.3 Å². The third-order valence-corrected chi connectivity index (χ3v) is 5.01. The Kier molecular flexibility index (Phi) is 4.32. The topological polar surface area (TPSA) is 57.2 Å². The van der Waals surface area contributed by atoms with E-state index in [4.69, 9.17) is 11.6 Å². The van der Waals surface area contributed by atoms with Crippen molar-refractivity contribution >= 4 is 23.2 Å². The third kappa shape index (κ3) is 2.84. The van der Waals surface area contributed by atoms with Crippen LogP contribution in [0.15, 0.2) is 47.5 Å². The van der Waals surface area contributed by atoms with Gasteiger partial charge in [-0.1, -0.05) is 29.8 Å². The van der Waals surface area contributed by atoms with Gasteiger partial charge in [-0.2, -0.15) is 0 Å². The van der Waals surface area contributed by atoms with E-state index < -0.39 is 0 Å². The maximum Gasteiger partial charge on any atom is 0.267 e. The zero-order valence-electron chi connectivity index (χ0n) is 14.9. The fourth-order valence-corrected chi connectivity index (χ4v) is 3.75. The van der Waals surface area contributed by atoms with Crippen molar-refractivity contribution in [2.45, 2.75) is 13.5 Å². The summed E-state index contributed by atoms with van der Waals surface area (Å²) in [7, 11) is 1.59. The number of aromatic amines is 1. The Bertz CT molecular complexity index is 1100. The molecule has 1 aliphatic heterocycles. The summed E-state index contributed by atoms with van der Waals surface area (Å²) in [5.74, 6) is -0.557. The van der Waals surface area contributed by atoms with Crippen LogP contribution in [0.25, 0.3) is 11.1 Å². The highest BCUT2D eigenvalue weighted by molar-refractivity contribution is 6.31. The van der Waals surface area contributed by atoms with Crippen molar-refractivity contribution in [2.75, 3.05) is 7.05 Å². The van der Waals surface area contributed by atoms with Crippen LogP contribution in [0, 0.1) is 12.7 Å².